The molecule has 0 aliphatic carbocycles. The van der Waals surface area contributed by atoms with E-state index in [1.165, 1.54) is 6.07 Å². The third-order valence-corrected chi connectivity index (χ3v) is 1.77. The Labute approximate surface area is 85.9 Å². The van der Waals surface area contributed by atoms with Crippen molar-refractivity contribution < 1.29 is 19.9 Å². The first kappa shape index (κ1) is 11.3. The van der Waals surface area contributed by atoms with E-state index in [-0.39, 0.29) is 24.5 Å². The molecule has 0 heterocycles. The van der Waals surface area contributed by atoms with Gasteiger partial charge in [-0.2, -0.15) is 0 Å². The predicted octanol–water partition coefficient (Wildman–Crippen LogP) is 0.559. The van der Waals surface area contributed by atoms with Crippen LogP contribution in [0, 0.1) is 10.1 Å². The van der Waals surface area contributed by atoms with Crippen molar-refractivity contribution in [3.63, 3.8) is 0 Å². The van der Waals surface area contributed by atoms with Crippen LogP contribution in [0.1, 0.15) is 12.5 Å². The molecule has 0 saturated heterocycles. The minimum absolute atomic E-state index is 0.101. The van der Waals surface area contributed by atoms with Crippen molar-refractivity contribution in [3.8, 4) is 11.5 Å². The van der Waals surface area contributed by atoms with E-state index in [1.807, 2.05) is 0 Å². The summed E-state index contributed by atoms with van der Waals surface area (Å²) in [4.78, 5) is 9.73. The average molecular weight is 212 g/mol. The highest BCUT2D eigenvalue weighted by Gasteiger charge is 2.13. The van der Waals surface area contributed by atoms with E-state index in [0.717, 1.165) is 6.07 Å². The van der Waals surface area contributed by atoms with Crippen LogP contribution in [0.25, 0.3) is 0 Å². The van der Waals surface area contributed by atoms with Gasteiger partial charge in [0.15, 0.2) is 0 Å². The standard InChI is InChI=1S/C9H11NO5/c1-2-15-8-4-6(5-11)3-7(9(8)12)10(13)14/h3-4,11-12H,2,5H2,1H3/p-1. The van der Waals surface area contributed by atoms with E-state index in [0.29, 0.717) is 0 Å². The number of ether oxygens (including phenoxy) is 1. The molecule has 1 aromatic rings. The van der Waals surface area contributed by atoms with Crippen LogP contribution in [0.15, 0.2) is 12.1 Å². The van der Waals surface area contributed by atoms with Crippen LogP contribution in [-0.2, 0) is 6.61 Å². The summed E-state index contributed by atoms with van der Waals surface area (Å²) in [5, 5.41) is 30.8. The van der Waals surface area contributed by atoms with Crippen LogP contribution in [0.5, 0.6) is 11.5 Å². The maximum Gasteiger partial charge on any atom is 0.265 e. The van der Waals surface area contributed by atoms with Gasteiger partial charge in [0.2, 0.25) is 0 Å². The SMILES string of the molecule is CCOc1cc(CO)cc([N+](=O)[O-])c1[O-]. The Morgan fingerprint density at radius 1 is 1.53 bits per heavy atom. The number of benzene rings is 1. The zero-order chi connectivity index (χ0) is 11.4. The maximum atomic E-state index is 11.4. The first-order valence-electron chi connectivity index (χ1n) is 4.32. The Kier molecular flexibility index (Phi) is 3.46. The van der Waals surface area contributed by atoms with Crippen molar-refractivity contribution in [2.24, 2.45) is 0 Å². The maximum absolute atomic E-state index is 11.4. The van der Waals surface area contributed by atoms with Gasteiger partial charge in [-0.1, -0.05) is 0 Å². The summed E-state index contributed by atoms with van der Waals surface area (Å²) in [6, 6.07) is 2.35. The fourth-order valence-electron chi connectivity index (χ4n) is 1.13. The van der Waals surface area contributed by atoms with E-state index in [1.54, 1.807) is 6.92 Å². The van der Waals surface area contributed by atoms with E-state index in [2.05, 4.69) is 0 Å². The van der Waals surface area contributed by atoms with E-state index in [9.17, 15) is 15.2 Å². The van der Waals surface area contributed by atoms with Crippen molar-refractivity contribution in [1.82, 2.24) is 0 Å². The fraction of sp³-hybridized carbons (Fsp3) is 0.333. The Bertz CT molecular complexity index is 377. The van der Waals surface area contributed by atoms with Gasteiger partial charge in [-0.05, 0) is 18.6 Å². The molecule has 0 atom stereocenters. The van der Waals surface area contributed by atoms with E-state index in [4.69, 9.17) is 9.84 Å². The van der Waals surface area contributed by atoms with E-state index < -0.39 is 16.4 Å². The molecule has 0 aliphatic rings. The second-order valence-electron chi connectivity index (χ2n) is 2.79. The molecule has 82 valence electrons. The number of hydrogen-bond donors (Lipinski definition) is 1. The van der Waals surface area contributed by atoms with Gasteiger partial charge < -0.3 is 14.9 Å². The molecule has 0 aliphatic heterocycles. The number of rotatable bonds is 4. The van der Waals surface area contributed by atoms with Gasteiger partial charge in [-0.3, -0.25) is 10.1 Å². The second-order valence-corrected chi connectivity index (χ2v) is 2.79. The van der Waals surface area contributed by atoms with Crippen molar-refractivity contribution in [2.45, 2.75) is 13.5 Å². The molecule has 0 saturated carbocycles. The van der Waals surface area contributed by atoms with Crippen LogP contribution in [0.4, 0.5) is 5.69 Å². The summed E-state index contributed by atoms with van der Waals surface area (Å²) in [5.41, 5.74) is -0.297. The molecular formula is C9H10NO5-. The number of nitro benzene ring substituents is 1. The summed E-state index contributed by atoms with van der Waals surface area (Å²) in [5.74, 6) is -0.866. The Morgan fingerprint density at radius 2 is 2.20 bits per heavy atom. The highest BCUT2D eigenvalue weighted by molar-refractivity contribution is 5.56. The van der Waals surface area contributed by atoms with E-state index >= 15 is 0 Å². The lowest BCUT2D eigenvalue weighted by atomic mass is 10.2. The van der Waals surface area contributed by atoms with Gasteiger partial charge in [0.1, 0.15) is 5.75 Å². The first-order valence-corrected chi connectivity index (χ1v) is 4.32. The van der Waals surface area contributed by atoms with Crippen LogP contribution in [0.2, 0.25) is 0 Å². The normalized spacial score (nSPS) is 10.0. The summed E-state index contributed by atoms with van der Waals surface area (Å²) < 4.78 is 4.94. The number of nitrogens with zero attached hydrogens (tertiary/aromatic N) is 1. The summed E-state index contributed by atoms with van der Waals surface area (Å²) >= 11 is 0. The second kappa shape index (κ2) is 4.61. The third kappa shape index (κ3) is 2.35. The largest absolute Gasteiger partial charge is 0.865 e. The summed E-state index contributed by atoms with van der Waals surface area (Å²) in [6.45, 7) is 1.53. The average Bonchev–Trinajstić information content (AvgIpc) is 2.21. The minimum atomic E-state index is -0.788. The van der Waals surface area contributed by atoms with Gasteiger partial charge in [-0.25, -0.2) is 0 Å². The van der Waals surface area contributed by atoms with Gasteiger partial charge in [-0.15, -0.1) is 0 Å². The summed E-state index contributed by atoms with van der Waals surface area (Å²) in [6.07, 6.45) is 0. The van der Waals surface area contributed by atoms with Crippen LogP contribution in [-0.4, -0.2) is 16.6 Å². The highest BCUT2D eigenvalue weighted by Crippen LogP contribution is 2.34. The molecular weight excluding hydrogens is 202 g/mol. The first-order chi connectivity index (χ1) is 7.10. The molecule has 0 amide bonds. The lowest BCUT2D eigenvalue weighted by Gasteiger charge is -2.14. The predicted molar refractivity (Wildman–Crippen MR) is 49.6 cm³/mol. The summed E-state index contributed by atoms with van der Waals surface area (Å²) in [7, 11) is 0. The fourth-order valence-corrected chi connectivity index (χ4v) is 1.13. The molecule has 0 spiro atoms. The third-order valence-electron chi connectivity index (χ3n) is 1.77. The molecule has 0 unspecified atom stereocenters. The van der Waals surface area contributed by atoms with Crippen LogP contribution in [0.3, 0.4) is 0 Å². The molecule has 0 bridgehead atoms. The minimum Gasteiger partial charge on any atom is -0.865 e. The Hall–Kier alpha value is -1.82. The molecule has 0 fully saturated rings. The highest BCUT2D eigenvalue weighted by atomic mass is 16.6. The number of aliphatic hydroxyl groups excluding tert-OH is 1. The number of aliphatic hydroxyl groups is 1. The van der Waals surface area contributed by atoms with Gasteiger partial charge in [0.05, 0.1) is 18.1 Å². The van der Waals surface area contributed by atoms with Crippen molar-refractivity contribution in [2.75, 3.05) is 6.61 Å². The van der Waals surface area contributed by atoms with Crippen molar-refractivity contribution in [1.29, 1.82) is 0 Å². The molecule has 1 N–H and O–H groups in total. The van der Waals surface area contributed by atoms with Crippen LogP contribution < -0.4 is 9.84 Å². The molecule has 1 rings (SSSR count). The quantitative estimate of drug-likeness (QED) is 0.581. The molecule has 6 heteroatoms. The molecule has 1 aromatic carbocycles. The van der Waals surface area contributed by atoms with Gasteiger partial charge in [0.25, 0.3) is 5.69 Å². The molecule has 0 aromatic heterocycles. The number of nitro groups is 1. The monoisotopic (exact) mass is 212 g/mol. The molecule has 15 heavy (non-hydrogen) atoms. The van der Waals surface area contributed by atoms with Crippen molar-refractivity contribution in [3.05, 3.63) is 27.8 Å². The Morgan fingerprint density at radius 3 is 2.67 bits per heavy atom. The van der Waals surface area contributed by atoms with Crippen molar-refractivity contribution >= 4 is 5.69 Å². The zero-order valence-corrected chi connectivity index (χ0v) is 8.10. The van der Waals surface area contributed by atoms with Gasteiger partial charge >= 0.3 is 0 Å². The number of hydrogen-bond acceptors (Lipinski definition) is 5. The molecule has 0 radical (unpaired) electrons. The lowest BCUT2D eigenvalue weighted by molar-refractivity contribution is -0.398. The lowest BCUT2D eigenvalue weighted by Crippen LogP contribution is -2.04. The smallest absolute Gasteiger partial charge is 0.265 e. The molecule has 6 nitrogen and oxygen atoms in total. The van der Waals surface area contributed by atoms with Gasteiger partial charge in [0, 0.05) is 11.8 Å². The zero-order valence-electron chi connectivity index (χ0n) is 8.10. The Balaban J connectivity index is 3.26. The van der Waals surface area contributed by atoms with Crippen LogP contribution >= 0.6 is 0 Å². The topological polar surface area (TPSA) is 95.7 Å².